The lowest BCUT2D eigenvalue weighted by Crippen LogP contribution is -2.60. The fourth-order valence-electron chi connectivity index (χ4n) is 5.71. The summed E-state index contributed by atoms with van der Waals surface area (Å²) in [4.78, 5) is 35.4. The molecule has 0 aromatic carbocycles. The standard InChI is InChI=1S/C26H38O15/c1-11(27)30-9-14-16(32-12(2)28)18(33-13(3)29)20-23(34-14)41-26(8,39-20)31-10-15-17-19(37-24(4,5)36-17)21-22(35-15)40-25(6,7)38-21/h14-23H,9-10H2,1-8H3/t14-,15-,16-,17+,18+,19+,20+,21-,22-,23+,26?/m1/s1. The molecule has 0 N–H and O–H groups in total. The van der Waals surface area contributed by atoms with Gasteiger partial charge in [0, 0.05) is 27.7 Å². The number of fused-ring (bicyclic) bond motifs is 4. The van der Waals surface area contributed by atoms with E-state index >= 15 is 0 Å². The molecule has 232 valence electrons. The molecule has 5 aliphatic heterocycles. The average Bonchev–Trinajstić information content (AvgIpc) is 3.45. The highest BCUT2D eigenvalue weighted by atomic mass is 16.9. The zero-order valence-corrected chi connectivity index (χ0v) is 24.3. The first-order valence-corrected chi connectivity index (χ1v) is 13.5. The lowest BCUT2D eigenvalue weighted by Gasteiger charge is -2.40. The number of ether oxygens (including phenoxy) is 12. The Labute approximate surface area is 237 Å². The highest BCUT2D eigenvalue weighted by Crippen LogP contribution is 2.45. The van der Waals surface area contributed by atoms with Crippen LogP contribution >= 0.6 is 0 Å². The van der Waals surface area contributed by atoms with Crippen LogP contribution in [-0.2, 0) is 71.2 Å². The van der Waals surface area contributed by atoms with Crippen molar-refractivity contribution >= 4 is 17.9 Å². The maximum absolute atomic E-state index is 12.0. The highest BCUT2D eigenvalue weighted by Gasteiger charge is 2.63. The van der Waals surface area contributed by atoms with Crippen molar-refractivity contribution in [3.05, 3.63) is 0 Å². The Kier molecular flexibility index (Phi) is 8.15. The number of esters is 3. The van der Waals surface area contributed by atoms with Crippen LogP contribution in [0.15, 0.2) is 0 Å². The van der Waals surface area contributed by atoms with Crippen LogP contribution < -0.4 is 0 Å². The SMILES string of the molecule is CC(=O)OC[C@H]1O[C@H]2OC(C)(OC[C@H]3O[C@@H]4OC(C)(C)O[C@@H]4[C@H]4OC(C)(C)O[C@H]43)O[C@H]2[C@@H](OC(C)=O)[C@@H]1OC(C)=O. The Morgan fingerprint density at radius 3 is 1.80 bits per heavy atom. The molecule has 5 aliphatic rings. The Morgan fingerprint density at radius 1 is 0.585 bits per heavy atom. The molecule has 0 spiro atoms. The highest BCUT2D eigenvalue weighted by molar-refractivity contribution is 5.68. The first-order chi connectivity index (χ1) is 19.0. The van der Waals surface area contributed by atoms with Crippen molar-refractivity contribution in [1.82, 2.24) is 0 Å². The van der Waals surface area contributed by atoms with Gasteiger partial charge < -0.3 is 52.1 Å². The van der Waals surface area contributed by atoms with Gasteiger partial charge in [-0.25, -0.2) is 0 Å². The molecule has 15 heteroatoms. The topological polar surface area (TPSA) is 162 Å². The molecule has 11 atom stereocenters. The Morgan fingerprint density at radius 2 is 1.15 bits per heavy atom. The predicted octanol–water partition coefficient (Wildman–Crippen LogP) is 0.640. The third kappa shape index (κ3) is 6.53. The van der Waals surface area contributed by atoms with Gasteiger partial charge in [-0.05, 0) is 27.7 Å². The third-order valence-corrected chi connectivity index (χ3v) is 7.09. The normalized spacial score (nSPS) is 43.9. The van der Waals surface area contributed by atoms with Crippen molar-refractivity contribution in [2.75, 3.05) is 13.2 Å². The van der Waals surface area contributed by atoms with E-state index in [1.807, 2.05) is 0 Å². The summed E-state index contributed by atoms with van der Waals surface area (Å²) < 4.78 is 70.6. The smallest absolute Gasteiger partial charge is 0.303 e. The van der Waals surface area contributed by atoms with E-state index in [2.05, 4.69) is 0 Å². The lowest BCUT2D eigenvalue weighted by atomic mass is 9.98. The van der Waals surface area contributed by atoms with Crippen molar-refractivity contribution in [3.63, 3.8) is 0 Å². The van der Waals surface area contributed by atoms with Crippen LogP contribution in [0.25, 0.3) is 0 Å². The van der Waals surface area contributed by atoms with Gasteiger partial charge in [0.25, 0.3) is 5.97 Å². The first-order valence-electron chi connectivity index (χ1n) is 13.5. The lowest BCUT2D eigenvalue weighted by molar-refractivity contribution is -0.358. The van der Waals surface area contributed by atoms with Crippen molar-refractivity contribution < 1.29 is 71.2 Å². The van der Waals surface area contributed by atoms with Crippen molar-refractivity contribution in [2.24, 2.45) is 0 Å². The molecule has 0 amide bonds. The zero-order valence-electron chi connectivity index (χ0n) is 24.3. The minimum Gasteiger partial charge on any atom is -0.463 e. The Hall–Kier alpha value is -1.95. The Bertz CT molecular complexity index is 1030. The number of carbonyl (C=O) groups excluding carboxylic acids is 3. The van der Waals surface area contributed by atoms with Crippen LogP contribution in [0.2, 0.25) is 0 Å². The van der Waals surface area contributed by atoms with Crippen LogP contribution in [0.5, 0.6) is 0 Å². The quantitative estimate of drug-likeness (QED) is 0.300. The summed E-state index contributed by atoms with van der Waals surface area (Å²) in [5.41, 5.74) is 0. The van der Waals surface area contributed by atoms with E-state index in [0.717, 1.165) is 0 Å². The van der Waals surface area contributed by atoms with Crippen LogP contribution in [0, 0.1) is 0 Å². The summed E-state index contributed by atoms with van der Waals surface area (Å²) in [7, 11) is 0. The van der Waals surface area contributed by atoms with E-state index < -0.39 is 96.9 Å². The summed E-state index contributed by atoms with van der Waals surface area (Å²) in [5, 5.41) is 0. The summed E-state index contributed by atoms with van der Waals surface area (Å²) in [6.07, 6.45) is -8.44. The van der Waals surface area contributed by atoms with Gasteiger partial charge in [0.15, 0.2) is 42.5 Å². The minimum absolute atomic E-state index is 0.0773. The first kappa shape index (κ1) is 30.5. The van der Waals surface area contributed by atoms with Gasteiger partial charge in [-0.1, -0.05) is 0 Å². The number of carbonyl (C=O) groups is 3. The fraction of sp³-hybridized carbons (Fsp3) is 0.885. The second kappa shape index (κ2) is 11.0. The number of hydrogen-bond donors (Lipinski definition) is 0. The summed E-state index contributed by atoms with van der Waals surface area (Å²) in [6.45, 7) is 11.9. The van der Waals surface area contributed by atoms with E-state index in [9.17, 15) is 14.4 Å². The predicted molar refractivity (Wildman–Crippen MR) is 129 cm³/mol. The fourth-order valence-corrected chi connectivity index (χ4v) is 5.71. The largest absolute Gasteiger partial charge is 0.463 e. The molecule has 5 fully saturated rings. The summed E-state index contributed by atoms with van der Waals surface area (Å²) in [6, 6.07) is 0. The molecule has 5 rings (SSSR count). The minimum atomic E-state index is -1.71. The summed E-state index contributed by atoms with van der Waals surface area (Å²) >= 11 is 0. The maximum Gasteiger partial charge on any atom is 0.303 e. The summed E-state index contributed by atoms with van der Waals surface area (Å²) in [5.74, 6) is -5.37. The molecule has 0 saturated carbocycles. The molecule has 15 nitrogen and oxygen atoms in total. The van der Waals surface area contributed by atoms with Crippen molar-refractivity contribution in [1.29, 1.82) is 0 Å². The van der Waals surface area contributed by atoms with E-state index in [1.165, 1.54) is 27.7 Å². The number of rotatable bonds is 7. The molecular formula is C26H38O15. The molecule has 0 aromatic rings. The van der Waals surface area contributed by atoms with Gasteiger partial charge in [0.1, 0.15) is 37.1 Å². The monoisotopic (exact) mass is 590 g/mol. The third-order valence-electron chi connectivity index (χ3n) is 7.09. The zero-order chi connectivity index (χ0) is 29.9. The van der Waals surface area contributed by atoms with E-state index in [4.69, 9.17) is 56.8 Å². The molecule has 5 saturated heterocycles. The second-order valence-electron chi connectivity index (χ2n) is 11.6. The van der Waals surface area contributed by atoms with Gasteiger partial charge in [0.2, 0.25) is 0 Å². The number of hydrogen-bond acceptors (Lipinski definition) is 15. The van der Waals surface area contributed by atoms with Gasteiger partial charge in [-0.15, -0.1) is 0 Å². The van der Waals surface area contributed by atoms with E-state index in [0.29, 0.717) is 0 Å². The molecule has 0 aliphatic carbocycles. The van der Waals surface area contributed by atoms with Crippen LogP contribution in [-0.4, -0.2) is 110 Å². The molecule has 0 aromatic heterocycles. The van der Waals surface area contributed by atoms with E-state index in [-0.39, 0.29) is 13.2 Å². The second-order valence-corrected chi connectivity index (χ2v) is 11.6. The molecule has 0 radical (unpaired) electrons. The van der Waals surface area contributed by atoms with E-state index in [1.54, 1.807) is 27.7 Å². The van der Waals surface area contributed by atoms with Crippen molar-refractivity contribution in [3.8, 4) is 0 Å². The molecule has 41 heavy (non-hydrogen) atoms. The molecular weight excluding hydrogens is 552 g/mol. The van der Waals surface area contributed by atoms with Crippen LogP contribution in [0.3, 0.4) is 0 Å². The van der Waals surface area contributed by atoms with Gasteiger partial charge in [-0.3, -0.25) is 19.1 Å². The molecule has 0 bridgehead atoms. The maximum atomic E-state index is 12.0. The van der Waals surface area contributed by atoms with Crippen LogP contribution in [0.1, 0.15) is 55.4 Å². The Balaban J connectivity index is 1.31. The molecule has 1 unspecified atom stereocenters. The van der Waals surface area contributed by atoms with Crippen LogP contribution in [0.4, 0.5) is 0 Å². The van der Waals surface area contributed by atoms with Crippen molar-refractivity contribution in [2.45, 2.75) is 134 Å². The van der Waals surface area contributed by atoms with Gasteiger partial charge in [0.05, 0.1) is 6.61 Å². The average molecular weight is 591 g/mol. The van der Waals surface area contributed by atoms with Gasteiger partial charge >= 0.3 is 17.9 Å². The van der Waals surface area contributed by atoms with Gasteiger partial charge in [-0.2, -0.15) is 0 Å². The molecule has 5 heterocycles.